The van der Waals surface area contributed by atoms with E-state index in [1.54, 1.807) is 0 Å². The molecule has 0 aromatic heterocycles. The van der Waals surface area contributed by atoms with Crippen molar-refractivity contribution in [2.45, 2.75) is 19.3 Å². The Hall–Kier alpha value is 3.50. The van der Waals surface area contributed by atoms with Gasteiger partial charge in [-0.05, 0) is 0 Å². The standard InChI is InChI=1S/C5H9O.Cs.La.V.H/c1-2-3-4-5-6;;;;/h5H,1-4H2;;;;/q-1;+1;;;-1. The third-order valence-electron chi connectivity index (χ3n) is 0.572. The molecule has 0 atom stereocenters. The van der Waals surface area contributed by atoms with Gasteiger partial charge in [-0.1, -0.05) is 6.42 Å². The molecule has 4 heteroatoms. The van der Waals surface area contributed by atoms with Crippen molar-refractivity contribution in [2.75, 3.05) is 0 Å². The van der Waals surface area contributed by atoms with Crippen LogP contribution in [0.5, 0.6) is 0 Å². The van der Waals surface area contributed by atoms with E-state index in [0.717, 1.165) is 19.1 Å². The molecule has 0 fully saturated rings. The molecule has 0 rings (SSSR count). The van der Waals surface area contributed by atoms with Crippen molar-refractivity contribution in [2.24, 2.45) is 0 Å². The van der Waals surface area contributed by atoms with Crippen LogP contribution in [0.3, 0.4) is 0 Å². The van der Waals surface area contributed by atoms with Crippen molar-refractivity contribution in [3.8, 4) is 0 Å². The fourth-order valence-corrected chi connectivity index (χ4v) is 0.228. The Bertz CT molecular complexity index is 50.6. The van der Waals surface area contributed by atoms with E-state index in [2.05, 4.69) is 6.92 Å². The molecule has 0 heterocycles. The molecule has 0 aromatic rings. The van der Waals surface area contributed by atoms with E-state index in [9.17, 15) is 4.79 Å². The molecular weight excluding hydrogens is 399 g/mol. The Labute approximate surface area is 157 Å². The second-order valence-electron chi connectivity index (χ2n) is 1.16. The van der Waals surface area contributed by atoms with Crippen LogP contribution >= 0.6 is 0 Å². The zero-order chi connectivity index (χ0) is 4.83. The molecule has 0 aliphatic heterocycles. The predicted octanol–water partition coefficient (Wildman–Crippen LogP) is -1.70. The molecule has 0 aliphatic carbocycles. The van der Waals surface area contributed by atoms with E-state index in [1.165, 1.54) is 0 Å². The zero-order valence-corrected chi connectivity index (χ0v) is 17.1. The van der Waals surface area contributed by atoms with Crippen LogP contribution in [0.15, 0.2) is 0 Å². The molecule has 0 aromatic carbocycles. The third-order valence-corrected chi connectivity index (χ3v) is 0.572. The van der Waals surface area contributed by atoms with E-state index in [1.807, 2.05) is 0 Å². The van der Waals surface area contributed by atoms with Gasteiger partial charge in [-0.3, -0.25) is 0 Å². The van der Waals surface area contributed by atoms with E-state index < -0.39 is 0 Å². The molecule has 0 spiro atoms. The Balaban J connectivity index is -0.0000000208. The predicted molar refractivity (Wildman–Crippen MR) is 26.4 cm³/mol. The minimum absolute atomic E-state index is 0. The first-order valence-corrected chi connectivity index (χ1v) is 2.14. The van der Waals surface area contributed by atoms with Crippen molar-refractivity contribution in [1.82, 2.24) is 0 Å². The van der Waals surface area contributed by atoms with Gasteiger partial charge in [-0.15, -0.1) is 0 Å². The summed E-state index contributed by atoms with van der Waals surface area (Å²) >= 11 is 0. The first-order chi connectivity index (χ1) is 2.91. The number of carbonyl (C=O) groups is 1. The summed E-state index contributed by atoms with van der Waals surface area (Å²) in [5.41, 5.74) is 0. The number of hydrogen-bond donors (Lipinski definition) is 0. The summed E-state index contributed by atoms with van der Waals surface area (Å²) in [4.78, 5) is 9.54. The Kier molecular flexibility index (Phi) is 57.3. The number of unbranched alkanes of at least 4 members (excludes halogenated alkanes) is 2. The minimum atomic E-state index is 0. The topological polar surface area (TPSA) is 17.1 Å². The minimum Gasteiger partial charge on any atom is -1.00 e. The molecule has 9 heavy (non-hydrogen) atoms. The van der Waals surface area contributed by atoms with Crippen LogP contribution in [0.25, 0.3) is 0 Å². The van der Waals surface area contributed by atoms with E-state index in [-0.39, 0.29) is 124 Å². The zero-order valence-electron chi connectivity index (χ0n) is 6.84. The molecular formula is C5H10CsLaOV-. The summed E-state index contributed by atoms with van der Waals surface area (Å²) in [6.07, 6.45) is 3.40. The summed E-state index contributed by atoms with van der Waals surface area (Å²) in [7, 11) is 0. The summed E-state index contributed by atoms with van der Waals surface area (Å²) in [6, 6.07) is 0. The monoisotopic (exact) mass is 409 g/mol. The number of aldehydes is 1. The first kappa shape index (κ1) is 22.9. The maximum absolute atomic E-state index is 9.54. The van der Waals surface area contributed by atoms with Crippen molar-refractivity contribution in [3.63, 3.8) is 0 Å². The van der Waals surface area contributed by atoms with Crippen LogP contribution in [-0.4, -0.2) is 6.29 Å². The molecule has 46 valence electrons. The Morgan fingerprint density at radius 2 is 2.00 bits per heavy atom. The van der Waals surface area contributed by atoms with Gasteiger partial charge in [-0.2, -0.15) is 6.42 Å². The third kappa shape index (κ3) is 24.6. The van der Waals surface area contributed by atoms with Crippen LogP contribution in [0, 0.1) is 42.5 Å². The van der Waals surface area contributed by atoms with Crippen molar-refractivity contribution < 1.29 is 129 Å². The van der Waals surface area contributed by atoms with Crippen molar-refractivity contribution >= 4 is 6.29 Å². The largest absolute Gasteiger partial charge is 1.00 e. The molecule has 0 unspecified atom stereocenters. The molecule has 0 saturated heterocycles. The van der Waals surface area contributed by atoms with Gasteiger partial charge >= 0.3 is 68.9 Å². The number of rotatable bonds is 3. The van der Waals surface area contributed by atoms with E-state index in [4.69, 9.17) is 0 Å². The molecule has 0 aliphatic rings. The van der Waals surface area contributed by atoms with Crippen LogP contribution in [0.4, 0.5) is 0 Å². The van der Waals surface area contributed by atoms with Crippen LogP contribution < -0.4 is 68.9 Å². The summed E-state index contributed by atoms with van der Waals surface area (Å²) < 4.78 is 0. The SMILES string of the molecule is [CH2-]CCCC=O.[Cs+].[H-].[La].[V]. The van der Waals surface area contributed by atoms with Gasteiger partial charge in [0.2, 0.25) is 0 Å². The summed E-state index contributed by atoms with van der Waals surface area (Å²) in [5, 5.41) is 0. The van der Waals surface area contributed by atoms with Crippen LogP contribution in [0.1, 0.15) is 20.7 Å². The van der Waals surface area contributed by atoms with E-state index in [0.29, 0.717) is 6.42 Å². The second-order valence-corrected chi connectivity index (χ2v) is 1.16. The summed E-state index contributed by atoms with van der Waals surface area (Å²) in [5.74, 6) is 0. The quantitative estimate of drug-likeness (QED) is 0.309. The van der Waals surface area contributed by atoms with Gasteiger partial charge in [0, 0.05) is 60.6 Å². The van der Waals surface area contributed by atoms with Gasteiger partial charge in [0.25, 0.3) is 0 Å². The number of hydrogen-bond acceptors (Lipinski definition) is 1. The number of carbonyl (C=O) groups excluding carboxylic acids is 1. The Morgan fingerprint density at radius 1 is 1.56 bits per heavy atom. The van der Waals surface area contributed by atoms with E-state index >= 15 is 0 Å². The maximum atomic E-state index is 9.54. The van der Waals surface area contributed by atoms with Gasteiger partial charge in [0.15, 0.2) is 0 Å². The average Bonchev–Trinajstić information content (AvgIpc) is 1.61. The molecule has 1 nitrogen and oxygen atoms in total. The van der Waals surface area contributed by atoms with Crippen LogP contribution in [-0.2, 0) is 23.4 Å². The van der Waals surface area contributed by atoms with Gasteiger partial charge in [0.05, 0.1) is 0 Å². The second kappa shape index (κ2) is 22.5. The van der Waals surface area contributed by atoms with Crippen LogP contribution in [0.2, 0.25) is 0 Å². The molecule has 0 N–H and O–H groups in total. The first-order valence-electron chi connectivity index (χ1n) is 2.14. The maximum Gasteiger partial charge on any atom is 1.00 e. The smallest absolute Gasteiger partial charge is 1.00 e. The van der Waals surface area contributed by atoms with Gasteiger partial charge in [0.1, 0.15) is 6.29 Å². The van der Waals surface area contributed by atoms with Gasteiger partial charge < -0.3 is 13.1 Å². The molecule has 0 saturated carbocycles. The summed E-state index contributed by atoms with van der Waals surface area (Å²) in [6.45, 7) is 3.56. The Morgan fingerprint density at radius 3 is 2.11 bits per heavy atom. The molecule has 2 radical (unpaired) electrons. The van der Waals surface area contributed by atoms with Gasteiger partial charge in [-0.25, -0.2) is 0 Å². The molecule has 0 amide bonds. The fourth-order valence-electron chi connectivity index (χ4n) is 0.228. The van der Waals surface area contributed by atoms with Crippen molar-refractivity contribution in [3.05, 3.63) is 6.92 Å². The fraction of sp³-hybridized carbons (Fsp3) is 0.600. The van der Waals surface area contributed by atoms with Crippen molar-refractivity contribution in [1.29, 1.82) is 0 Å². The molecule has 0 bridgehead atoms. The normalized spacial score (nSPS) is 5.44. The average molecular weight is 409 g/mol.